The van der Waals surface area contributed by atoms with Gasteiger partial charge in [-0.1, -0.05) is 23.7 Å². The zero-order valence-corrected chi connectivity index (χ0v) is 8.33. The average Bonchev–Trinajstić information content (AvgIpc) is 2.20. The summed E-state index contributed by atoms with van der Waals surface area (Å²) in [5.74, 6) is 0. The number of rotatable bonds is 2. The van der Waals surface area contributed by atoms with Gasteiger partial charge in [0.2, 0.25) is 0 Å². The van der Waals surface area contributed by atoms with E-state index >= 15 is 0 Å². The van der Waals surface area contributed by atoms with Gasteiger partial charge >= 0.3 is 0 Å². The molecule has 2 rings (SSSR count). The number of fused-ring (bicyclic) bond motifs is 1. The van der Waals surface area contributed by atoms with E-state index in [1.807, 2.05) is 24.3 Å². The van der Waals surface area contributed by atoms with Gasteiger partial charge in [-0.05, 0) is 29.5 Å². The molecule has 2 nitrogen and oxygen atoms in total. The van der Waals surface area contributed by atoms with Crippen LogP contribution in [0.2, 0.25) is 5.15 Å². The lowest BCUT2D eigenvalue weighted by molar-refractivity contribution is 0.299. The van der Waals surface area contributed by atoms with E-state index in [0.717, 1.165) is 16.3 Å². The first-order valence-corrected chi connectivity index (χ1v) is 4.83. The molecule has 0 fully saturated rings. The molecule has 14 heavy (non-hydrogen) atoms. The molecule has 0 saturated heterocycles. The summed E-state index contributed by atoms with van der Waals surface area (Å²) in [6.45, 7) is 0.156. The molecule has 1 aromatic carbocycles. The van der Waals surface area contributed by atoms with E-state index in [1.165, 1.54) is 0 Å². The van der Waals surface area contributed by atoms with Crippen LogP contribution in [0.15, 0.2) is 30.5 Å². The van der Waals surface area contributed by atoms with Crippen molar-refractivity contribution >= 4 is 22.4 Å². The highest BCUT2D eigenvalue weighted by Crippen LogP contribution is 2.22. The lowest BCUT2D eigenvalue weighted by Crippen LogP contribution is -1.90. The molecule has 0 aliphatic rings. The number of halogens is 1. The van der Waals surface area contributed by atoms with Crippen LogP contribution < -0.4 is 0 Å². The molecular weight excluding hydrogens is 198 g/mol. The maximum absolute atomic E-state index is 8.81. The van der Waals surface area contributed by atoms with Crippen molar-refractivity contribution in [2.45, 2.75) is 6.42 Å². The number of aliphatic hydroxyl groups excluding tert-OH is 1. The molecule has 72 valence electrons. The molecule has 1 heterocycles. The topological polar surface area (TPSA) is 33.1 Å². The van der Waals surface area contributed by atoms with Gasteiger partial charge < -0.3 is 5.11 Å². The van der Waals surface area contributed by atoms with Gasteiger partial charge in [0, 0.05) is 18.2 Å². The Kier molecular flexibility index (Phi) is 2.66. The lowest BCUT2D eigenvalue weighted by atomic mass is 10.1. The summed E-state index contributed by atoms with van der Waals surface area (Å²) in [5, 5.41) is 11.3. The largest absolute Gasteiger partial charge is 0.396 e. The molecule has 0 unspecified atom stereocenters. The molecule has 3 heteroatoms. The summed E-state index contributed by atoms with van der Waals surface area (Å²) < 4.78 is 0. The van der Waals surface area contributed by atoms with E-state index in [-0.39, 0.29) is 6.61 Å². The monoisotopic (exact) mass is 207 g/mol. The van der Waals surface area contributed by atoms with Crippen LogP contribution in [-0.4, -0.2) is 16.7 Å². The van der Waals surface area contributed by atoms with E-state index in [2.05, 4.69) is 4.98 Å². The number of aromatic nitrogens is 1. The smallest absolute Gasteiger partial charge is 0.136 e. The summed E-state index contributed by atoms with van der Waals surface area (Å²) in [5.41, 5.74) is 1.08. The second-order valence-electron chi connectivity index (χ2n) is 3.13. The molecule has 0 saturated carbocycles. The van der Waals surface area contributed by atoms with Crippen molar-refractivity contribution in [1.29, 1.82) is 0 Å². The first-order chi connectivity index (χ1) is 6.81. The second-order valence-corrected chi connectivity index (χ2v) is 3.49. The number of aliphatic hydroxyl groups is 1. The Bertz CT molecular complexity index is 456. The first kappa shape index (κ1) is 9.44. The quantitative estimate of drug-likeness (QED) is 0.768. The van der Waals surface area contributed by atoms with Crippen LogP contribution in [0.25, 0.3) is 10.8 Å². The second kappa shape index (κ2) is 3.95. The zero-order valence-electron chi connectivity index (χ0n) is 7.57. The Balaban J connectivity index is 2.58. The number of pyridine rings is 1. The van der Waals surface area contributed by atoms with E-state index in [4.69, 9.17) is 16.7 Å². The van der Waals surface area contributed by atoms with Crippen molar-refractivity contribution in [3.63, 3.8) is 0 Å². The molecule has 0 amide bonds. The van der Waals surface area contributed by atoms with Crippen molar-refractivity contribution in [1.82, 2.24) is 4.98 Å². The minimum Gasteiger partial charge on any atom is -0.396 e. The van der Waals surface area contributed by atoms with Crippen LogP contribution in [0.4, 0.5) is 0 Å². The molecule has 0 spiro atoms. The standard InChI is InChI=1S/C11H10ClNO/c12-11-10-7-8(4-6-14)1-2-9(10)3-5-13-11/h1-3,5,7,14H,4,6H2. The van der Waals surface area contributed by atoms with Crippen LogP contribution >= 0.6 is 11.6 Å². The summed E-state index contributed by atoms with van der Waals surface area (Å²) in [7, 11) is 0. The molecule has 2 aromatic rings. The van der Waals surface area contributed by atoms with Crippen LogP contribution in [0.5, 0.6) is 0 Å². The highest BCUT2D eigenvalue weighted by Gasteiger charge is 2.00. The van der Waals surface area contributed by atoms with Crippen molar-refractivity contribution < 1.29 is 5.11 Å². The summed E-state index contributed by atoms with van der Waals surface area (Å²) in [6.07, 6.45) is 2.34. The average molecular weight is 208 g/mol. The fourth-order valence-corrected chi connectivity index (χ4v) is 1.68. The first-order valence-electron chi connectivity index (χ1n) is 4.45. The molecule has 1 N–H and O–H groups in total. The van der Waals surface area contributed by atoms with E-state index < -0.39 is 0 Å². The Labute approximate surface area is 87.2 Å². The number of nitrogens with zero attached hydrogens (tertiary/aromatic N) is 1. The zero-order chi connectivity index (χ0) is 9.97. The highest BCUT2D eigenvalue weighted by atomic mass is 35.5. The third-order valence-electron chi connectivity index (χ3n) is 2.18. The van der Waals surface area contributed by atoms with Gasteiger partial charge in [-0.15, -0.1) is 0 Å². The van der Waals surface area contributed by atoms with E-state index in [9.17, 15) is 0 Å². The van der Waals surface area contributed by atoms with Gasteiger partial charge in [-0.25, -0.2) is 4.98 Å². The molecule has 0 bridgehead atoms. The third kappa shape index (κ3) is 1.72. The predicted molar refractivity (Wildman–Crippen MR) is 57.5 cm³/mol. The SMILES string of the molecule is OCCc1ccc2ccnc(Cl)c2c1. The molecule has 0 atom stereocenters. The van der Waals surface area contributed by atoms with Crippen LogP contribution in [0.3, 0.4) is 0 Å². The van der Waals surface area contributed by atoms with Crippen LogP contribution in [0, 0.1) is 0 Å². The van der Waals surface area contributed by atoms with Crippen molar-refractivity contribution in [3.8, 4) is 0 Å². The number of benzene rings is 1. The fourth-order valence-electron chi connectivity index (χ4n) is 1.46. The minimum atomic E-state index is 0.156. The molecule has 0 aliphatic carbocycles. The van der Waals surface area contributed by atoms with Crippen LogP contribution in [-0.2, 0) is 6.42 Å². The highest BCUT2D eigenvalue weighted by molar-refractivity contribution is 6.34. The molecule has 0 radical (unpaired) electrons. The Morgan fingerprint density at radius 2 is 2.14 bits per heavy atom. The number of hydrogen-bond donors (Lipinski definition) is 1. The predicted octanol–water partition coefficient (Wildman–Crippen LogP) is 2.42. The normalized spacial score (nSPS) is 10.7. The number of hydrogen-bond acceptors (Lipinski definition) is 2. The van der Waals surface area contributed by atoms with E-state index in [0.29, 0.717) is 11.6 Å². The fraction of sp³-hybridized carbons (Fsp3) is 0.182. The van der Waals surface area contributed by atoms with Crippen LogP contribution in [0.1, 0.15) is 5.56 Å². The Hall–Kier alpha value is -1.12. The van der Waals surface area contributed by atoms with Gasteiger partial charge in [0.05, 0.1) is 0 Å². The Morgan fingerprint density at radius 3 is 2.93 bits per heavy atom. The van der Waals surface area contributed by atoms with Gasteiger partial charge in [0.1, 0.15) is 5.15 Å². The van der Waals surface area contributed by atoms with Gasteiger partial charge in [0.25, 0.3) is 0 Å². The lowest BCUT2D eigenvalue weighted by Gasteiger charge is -2.02. The molecule has 1 aromatic heterocycles. The maximum atomic E-state index is 8.81. The summed E-state index contributed by atoms with van der Waals surface area (Å²) >= 11 is 5.96. The van der Waals surface area contributed by atoms with Gasteiger partial charge in [-0.2, -0.15) is 0 Å². The third-order valence-corrected chi connectivity index (χ3v) is 2.48. The van der Waals surface area contributed by atoms with Crippen molar-refractivity contribution in [3.05, 3.63) is 41.2 Å². The van der Waals surface area contributed by atoms with Gasteiger partial charge in [0.15, 0.2) is 0 Å². The maximum Gasteiger partial charge on any atom is 0.136 e. The van der Waals surface area contributed by atoms with Crippen molar-refractivity contribution in [2.24, 2.45) is 0 Å². The molecule has 0 aliphatic heterocycles. The van der Waals surface area contributed by atoms with E-state index in [1.54, 1.807) is 6.20 Å². The Morgan fingerprint density at radius 1 is 1.29 bits per heavy atom. The summed E-state index contributed by atoms with van der Waals surface area (Å²) in [4.78, 5) is 4.01. The van der Waals surface area contributed by atoms with Gasteiger partial charge in [-0.3, -0.25) is 0 Å². The van der Waals surface area contributed by atoms with Crippen molar-refractivity contribution in [2.75, 3.05) is 6.61 Å². The molecular formula is C11H10ClNO. The summed E-state index contributed by atoms with van der Waals surface area (Å²) in [6, 6.07) is 7.88. The minimum absolute atomic E-state index is 0.156.